The molecule has 0 radical (unpaired) electrons. The second-order valence-corrected chi connectivity index (χ2v) is 5.30. The summed E-state index contributed by atoms with van der Waals surface area (Å²) in [7, 11) is 0. The maximum Gasteiger partial charge on any atom is 0.0646 e. The third-order valence-electron chi connectivity index (χ3n) is 3.23. The summed E-state index contributed by atoms with van der Waals surface area (Å²) in [5.74, 6) is 0.624. The van der Waals surface area contributed by atoms with Gasteiger partial charge in [0, 0.05) is 23.1 Å². The van der Waals surface area contributed by atoms with E-state index in [9.17, 15) is 0 Å². The second-order valence-electron chi connectivity index (χ2n) is 4.38. The molecule has 1 aliphatic rings. The van der Waals surface area contributed by atoms with Crippen molar-refractivity contribution >= 4 is 15.9 Å². The van der Waals surface area contributed by atoms with Gasteiger partial charge >= 0.3 is 0 Å². The van der Waals surface area contributed by atoms with E-state index in [-0.39, 0.29) is 0 Å². The Hall–Kier alpha value is -1.13. The molecule has 17 heavy (non-hydrogen) atoms. The number of hydrogen-bond donors (Lipinski definition) is 1. The number of rotatable bonds is 2. The molecule has 88 valence electrons. The number of nitrogens with zero attached hydrogens (tertiary/aromatic N) is 2. The normalized spacial score (nSPS) is 19.7. The smallest absolute Gasteiger partial charge is 0.0646 e. The van der Waals surface area contributed by atoms with E-state index in [0.29, 0.717) is 5.92 Å². The van der Waals surface area contributed by atoms with Crippen molar-refractivity contribution < 1.29 is 0 Å². The molecule has 0 spiro atoms. The van der Waals surface area contributed by atoms with Gasteiger partial charge in [-0.2, -0.15) is 5.10 Å². The van der Waals surface area contributed by atoms with Crippen molar-refractivity contribution in [2.24, 2.45) is 0 Å². The fourth-order valence-corrected chi connectivity index (χ4v) is 2.49. The molecule has 2 heterocycles. The van der Waals surface area contributed by atoms with Crippen molar-refractivity contribution in [2.45, 2.75) is 12.3 Å². The molecule has 1 atom stereocenters. The van der Waals surface area contributed by atoms with Gasteiger partial charge in [0.2, 0.25) is 0 Å². The standard InChI is InChI=1S/C13H14BrN3/c14-12-1-3-13(4-2-12)17-9-11(8-16-17)10-5-6-15-7-10/h1-4,8-10,15H,5-7H2. The zero-order chi connectivity index (χ0) is 11.7. The molecule has 1 N–H and O–H groups in total. The Morgan fingerprint density at radius 1 is 1.29 bits per heavy atom. The fraction of sp³-hybridized carbons (Fsp3) is 0.308. The van der Waals surface area contributed by atoms with E-state index in [4.69, 9.17) is 0 Å². The lowest BCUT2D eigenvalue weighted by atomic mass is 10.0. The molecule has 3 nitrogen and oxygen atoms in total. The topological polar surface area (TPSA) is 29.9 Å². The van der Waals surface area contributed by atoms with Crippen LogP contribution in [0.25, 0.3) is 5.69 Å². The van der Waals surface area contributed by atoms with Crippen molar-refractivity contribution in [3.8, 4) is 5.69 Å². The first-order valence-electron chi connectivity index (χ1n) is 5.84. The molecule has 0 bridgehead atoms. The summed E-state index contributed by atoms with van der Waals surface area (Å²) in [6.45, 7) is 2.19. The molecule has 2 aromatic rings. The van der Waals surface area contributed by atoms with E-state index in [2.05, 4.69) is 44.7 Å². The lowest BCUT2D eigenvalue weighted by molar-refractivity contribution is 0.762. The molecular weight excluding hydrogens is 278 g/mol. The number of aromatic nitrogens is 2. The first-order chi connectivity index (χ1) is 8.33. The summed E-state index contributed by atoms with van der Waals surface area (Å²) in [4.78, 5) is 0. The van der Waals surface area contributed by atoms with E-state index >= 15 is 0 Å². The minimum absolute atomic E-state index is 0.624. The Balaban J connectivity index is 1.86. The highest BCUT2D eigenvalue weighted by Crippen LogP contribution is 2.22. The molecular formula is C13H14BrN3. The van der Waals surface area contributed by atoms with E-state index in [0.717, 1.165) is 23.2 Å². The van der Waals surface area contributed by atoms with Crippen molar-refractivity contribution in [2.75, 3.05) is 13.1 Å². The monoisotopic (exact) mass is 291 g/mol. The van der Waals surface area contributed by atoms with Gasteiger partial charge in [-0.3, -0.25) is 0 Å². The van der Waals surface area contributed by atoms with Crippen LogP contribution in [0.1, 0.15) is 17.9 Å². The predicted molar refractivity (Wildman–Crippen MR) is 71.5 cm³/mol. The van der Waals surface area contributed by atoms with Crippen LogP contribution in [0.2, 0.25) is 0 Å². The maximum absolute atomic E-state index is 4.43. The summed E-state index contributed by atoms with van der Waals surface area (Å²) in [6.07, 6.45) is 5.34. The molecule has 4 heteroatoms. The van der Waals surface area contributed by atoms with Gasteiger partial charge in [-0.1, -0.05) is 15.9 Å². The van der Waals surface area contributed by atoms with Crippen LogP contribution in [-0.4, -0.2) is 22.9 Å². The van der Waals surface area contributed by atoms with E-state index < -0.39 is 0 Å². The lowest BCUT2D eigenvalue weighted by Crippen LogP contribution is -2.07. The van der Waals surface area contributed by atoms with Crippen LogP contribution in [0.4, 0.5) is 0 Å². The van der Waals surface area contributed by atoms with Crippen LogP contribution in [0.15, 0.2) is 41.1 Å². The second kappa shape index (κ2) is 4.63. The molecule has 1 aromatic heterocycles. The van der Waals surface area contributed by atoms with Crippen LogP contribution in [0, 0.1) is 0 Å². The van der Waals surface area contributed by atoms with Gasteiger partial charge < -0.3 is 5.32 Å². The average Bonchev–Trinajstić information content (AvgIpc) is 3.00. The van der Waals surface area contributed by atoms with E-state index in [1.807, 2.05) is 23.0 Å². The average molecular weight is 292 g/mol. The molecule has 1 saturated heterocycles. The van der Waals surface area contributed by atoms with Gasteiger partial charge in [-0.25, -0.2) is 4.68 Å². The van der Waals surface area contributed by atoms with Crippen molar-refractivity contribution in [3.05, 3.63) is 46.7 Å². The number of nitrogens with one attached hydrogen (secondary N) is 1. The SMILES string of the molecule is Brc1ccc(-n2cc(C3CCNC3)cn2)cc1. The third kappa shape index (κ3) is 2.28. The molecule has 0 aliphatic carbocycles. The fourth-order valence-electron chi connectivity index (χ4n) is 2.22. The molecule has 1 aliphatic heterocycles. The minimum Gasteiger partial charge on any atom is -0.316 e. The molecule has 0 saturated carbocycles. The number of halogens is 1. The van der Waals surface area contributed by atoms with Crippen LogP contribution >= 0.6 is 15.9 Å². The molecule has 1 unspecified atom stereocenters. The predicted octanol–water partition coefficient (Wildman–Crippen LogP) is 2.71. The zero-order valence-corrected chi connectivity index (χ0v) is 11.0. The van der Waals surface area contributed by atoms with E-state index in [1.54, 1.807) is 0 Å². The third-order valence-corrected chi connectivity index (χ3v) is 3.75. The van der Waals surface area contributed by atoms with Gasteiger partial charge in [0.15, 0.2) is 0 Å². The highest BCUT2D eigenvalue weighted by Gasteiger charge is 2.18. The van der Waals surface area contributed by atoms with Gasteiger partial charge in [-0.05, 0) is 42.8 Å². The van der Waals surface area contributed by atoms with E-state index in [1.165, 1.54) is 12.0 Å². The Labute approximate surface area is 109 Å². The van der Waals surface area contributed by atoms with Crippen molar-refractivity contribution in [1.82, 2.24) is 15.1 Å². The Morgan fingerprint density at radius 3 is 2.82 bits per heavy atom. The first kappa shape index (κ1) is 11.0. The Kier molecular flexibility index (Phi) is 2.99. The molecule has 1 aromatic carbocycles. The van der Waals surface area contributed by atoms with Crippen LogP contribution in [0.3, 0.4) is 0 Å². The first-order valence-corrected chi connectivity index (χ1v) is 6.63. The summed E-state index contributed by atoms with van der Waals surface area (Å²) in [5.41, 5.74) is 2.43. The van der Waals surface area contributed by atoms with Crippen LogP contribution < -0.4 is 5.32 Å². The summed E-state index contributed by atoms with van der Waals surface area (Å²) >= 11 is 3.44. The summed E-state index contributed by atoms with van der Waals surface area (Å²) in [5, 5.41) is 7.82. The highest BCUT2D eigenvalue weighted by atomic mass is 79.9. The minimum atomic E-state index is 0.624. The number of hydrogen-bond acceptors (Lipinski definition) is 2. The van der Waals surface area contributed by atoms with Gasteiger partial charge in [0.25, 0.3) is 0 Å². The molecule has 3 rings (SSSR count). The highest BCUT2D eigenvalue weighted by molar-refractivity contribution is 9.10. The largest absolute Gasteiger partial charge is 0.316 e. The summed E-state index contributed by atoms with van der Waals surface area (Å²) < 4.78 is 3.04. The van der Waals surface area contributed by atoms with Gasteiger partial charge in [0.05, 0.1) is 11.9 Å². The van der Waals surface area contributed by atoms with Gasteiger partial charge in [0.1, 0.15) is 0 Å². The molecule has 0 amide bonds. The lowest BCUT2D eigenvalue weighted by Gasteiger charge is -2.04. The Bertz CT molecular complexity index is 498. The van der Waals surface area contributed by atoms with Crippen LogP contribution in [-0.2, 0) is 0 Å². The number of benzene rings is 1. The van der Waals surface area contributed by atoms with Gasteiger partial charge in [-0.15, -0.1) is 0 Å². The quantitative estimate of drug-likeness (QED) is 0.922. The van der Waals surface area contributed by atoms with Crippen molar-refractivity contribution in [3.63, 3.8) is 0 Å². The summed E-state index contributed by atoms with van der Waals surface area (Å²) in [6, 6.07) is 8.20. The Morgan fingerprint density at radius 2 is 2.12 bits per heavy atom. The zero-order valence-electron chi connectivity index (χ0n) is 9.44. The van der Waals surface area contributed by atoms with Crippen LogP contribution in [0.5, 0.6) is 0 Å². The maximum atomic E-state index is 4.43. The van der Waals surface area contributed by atoms with Crippen molar-refractivity contribution in [1.29, 1.82) is 0 Å². The molecule has 1 fully saturated rings.